The fourth-order valence-electron chi connectivity index (χ4n) is 7.22. The number of amides is 3. The highest BCUT2D eigenvalue weighted by atomic mass is 16.6. The molecule has 4 N–H and O–H groups in total. The van der Waals surface area contributed by atoms with Gasteiger partial charge in [-0.15, -0.1) is 0 Å². The minimum Gasteiger partial charge on any atom is -0.428 e. The molecule has 0 aliphatic heterocycles. The molecule has 3 aliphatic carbocycles. The first-order valence-electron chi connectivity index (χ1n) is 17.5. The molecule has 7 unspecified atom stereocenters. The maximum absolute atomic E-state index is 12.4. The predicted molar refractivity (Wildman–Crippen MR) is 176 cm³/mol. The van der Waals surface area contributed by atoms with Crippen LogP contribution in [-0.2, 0) is 23.9 Å². The third-order valence-electron chi connectivity index (χ3n) is 10.8. The number of nitrogens with one attached hydrogen (secondary N) is 2. The molecule has 0 aromatic heterocycles. The van der Waals surface area contributed by atoms with E-state index in [2.05, 4.69) is 24.5 Å². The van der Waals surface area contributed by atoms with Crippen molar-refractivity contribution < 1.29 is 28.7 Å². The molecule has 3 rings (SSSR count). The van der Waals surface area contributed by atoms with Gasteiger partial charge in [0.05, 0.1) is 12.1 Å². The lowest BCUT2D eigenvalue weighted by molar-refractivity contribution is -0.139. The molecule has 0 radical (unpaired) electrons. The summed E-state index contributed by atoms with van der Waals surface area (Å²) < 4.78 is 5.63. The van der Waals surface area contributed by atoms with E-state index in [9.17, 15) is 24.0 Å². The molecule has 0 heterocycles. The van der Waals surface area contributed by atoms with Crippen molar-refractivity contribution in [3.63, 3.8) is 0 Å². The highest BCUT2D eigenvalue weighted by Gasteiger charge is 2.42. The summed E-state index contributed by atoms with van der Waals surface area (Å²) in [5.41, 5.74) is 4.42. The van der Waals surface area contributed by atoms with Gasteiger partial charge in [0.1, 0.15) is 0 Å². The lowest BCUT2D eigenvalue weighted by atomic mass is 9.82. The maximum atomic E-state index is 12.4. The van der Waals surface area contributed by atoms with E-state index in [0.29, 0.717) is 24.7 Å². The molecule has 45 heavy (non-hydrogen) atoms. The van der Waals surface area contributed by atoms with E-state index in [0.717, 1.165) is 56.8 Å². The molecule has 10 nitrogen and oxygen atoms in total. The molecule has 10 heteroatoms. The molecular weight excluding hydrogens is 572 g/mol. The summed E-state index contributed by atoms with van der Waals surface area (Å²) in [6.07, 6.45) is 13.1. The Bertz CT molecular complexity index is 1000. The number of ketones is 2. The van der Waals surface area contributed by atoms with Crippen molar-refractivity contribution in [1.82, 2.24) is 15.5 Å². The van der Waals surface area contributed by atoms with E-state index in [4.69, 9.17) is 10.5 Å². The van der Waals surface area contributed by atoms with Gasteiger partial charge in [0.2, 0.25) is 11.7 Å². The highest BCUT2D eigenvalue weighted by molar-refractivity contribution is 6.37. The van der Waals surface area contributed by atoms with Crippen molar-refractivity contribution in [3.8, 4) is 0 Å². The monoisotopic (exact) mass is 634 g/mol. The first-order valence-corrected chi connectivity index (χ1v) is 17.5. The van der Waals surface area contributed by atoms with Gasteiger partial charge in [-0.3, -0.25) is 24.1 Å². The molecule has 0 spiro atoms. The average Bonchev–Trinajstić information content (AvgIpc) is 3.71. The van der Waals surface area contributed by atoms with Crippen LogP contribution in [-0.4, -0.2) is 66.3 Å². The largest absolute Gasteiger partial charge is 0.428 e. The van der Waals surface area contributed by atoms with E-state index in [1.54, 1.807) is 6.92 Å². The minimum atomic E-state index is -0.964. The van der Waals surface area contributed by atoms with Gasteiger partial charge in [0.15, 0.2) is 11.5 Å². The maximum Gasteiger partial charge on any atom is 0.409 e. The lowest BCUT2D eigenvalue weighted by Gasteiger charge is -2.35. The number of hydrogen-bond acceptors (Lipinski definition) is 7. The predicted octanol–water partition coefficient (Wildman–Crippen LogP) is 5.36. The van der Waals surface area contributed by atoms with Crippen molar-refractivity contribution >= 4 is 29.5 Å². The molecule has 0 aromatic rings. The van der Waals surface area contributed by atoms with Crippen molar-refractivity contribution in [1.29, 1.82) is 0 Å². The first kappa shape index (κ1) is 38.7. The van der Waals surface area contributed by atoms with Crippen LogP contribution in [0.5, 0.6) is 0 Å². The van der Waals surface area contributed by atoms with E-state index >= 15 is 0 Å². The van der Waals surface area contributed by atoms with Crippen molar-refractivity contribution in [2.45, 2.75) is 143 Å². The van der Waals surface area contributed by atoms with Crippen LogP contribution in [0.3, 0.4) is 0 Å². The zero-order valence-electron chi connectivity index (χ0n) is 29.3. The number of fused-ring (bicyclic) bond motifs is 1. The SMILES string of the molecule is CCC(C)(OC(=O)NC(C(C)=O)C1CC2CCCCC2C1)N(C)C.CCCC(CC)C(C)C(=O)NC(CC1CC1)C(=O)C(N)=O. The van der Waals surface area contributed by atoms with Crippen LogP contribution >= 0.6 is 0 Å². The third kappa shape index (κ3) is 11.7. The second-order valence-electron chi connectivity index (χ2n) is 14.3. The van der Waals surface area contributed by atoms with Gasteiger partial charge in [-0.1, -0.05) is 79.1 Å². The second-order valence-corrected chi connectivity index (χ2v) is 14.3. The van der Waals surface area contributed by atoms with Crippen LogP contribution in [0.25, 0.3) is 0 Å². The Morgan fingerprint density at radius 2 is 1.53 bits per heavy atom. The van der Waals surface area contributed by atoms with Gasteiger partial charge in [-0.05, 0) is 89.6 Å². The number of ether oxygens (including phenoxy) is 1. The highest BCUT2D eigenvalue weighted by Crippen LogP contribution is 2.46. The fraction of sp³-hybridized carbons (Fsp3) is 0.857. The van der Waals surface area contributed by atoms with E-state index in [1.807, 2.05) is 39.8 Å². The van der Waals surface area contributed by atoms with E-state index in [1.165, 1.54) is 25.7 Å². The fourth-order valence-corrected chi connectivity index (χ4v) is 7.22. The zero-order chi connectivity index (χ0) is 33.9. The van der Waals surface area contributed by atoms with Crippen molar-refractivity contribution in [2.75, 3.05) is 14.1 Å². The average molecular weight is 635 g/mol. The smallest absolute Gasteiger partial charge is 0.409 e. The van der Waals surface area contributed by atoms with Crippen LogP contribution in [0, 0.1) is 35.5 Å². The quantitative estimate of drug-likeness (QED) is 0.153. The Kier molecular flexibility index (Phi) is 15.5. The third-order valence-corrected chi connectivity index (χ3v) is 10.8. The molecule has 0 aromatic carbocycles. The van der Waals surface area contributed by atoms with Gasteiger partial charge in [-0.2, -0.15) is 0 Å². The zero-order valence-corrected chi connectivity index (χ0v) is 29.3. The Hall–Kier alpha value is -2.49. The Morgan fingerprint density at radius 1 is 0.956 bits per heavy atom. The number of alkyl carbamates (subject to hydrolysis) is 1. The molecule has 3 saturated carbocycles. The molecule has 3 aliphatic rings. The van der Waals surface area contributed by atoms with Gasteiger partial charge in [0, 0.05) is 5.92 Å². The van der Waals surface area contributed by atoms with Gasteiger partial charge < -0.3 is 21.1 Å². The molecule has 7 atom stereocenters. The lowest BCUT2D eigenvalue weighted by Crippen LogP contribution is -2.51. The summed E-state index contributed by atoms with van der Waals surface area (Å²) in [6, 6.07) is -1.16. The normalized spacial score (nSPS) is 24.9. The number of rotatable bonds is 16. The standard InChI is InChI=1S/C19H34N2O3.C16H28N2O3/c1-6-19(3,21(4)5)24-18(23)20-17(13(2)22)16-11-14-9-7-8-10-15(14)12-16;1-4-6-12(5-2)10(3)16(21)18-13(9-11-7-8-11)14(19)15(17)20/h14-17H,6-12H2,1-5H3,(H,20,23);10-13H,4-9H2,1-3H3,(H2,17,20)(H,18,21). The van der Waals surface area contributed by atoms with E-state index in [-0.39, 0.29) is 23.5 Å². The topological polar surface area (TPSA) is 148 Å². The number of Topliss-reactive ketones (excluding diaryl/α,β-unsaturated/α-hetero) is 2. The Morgan fingerprint density at radius 3 is 1.96 bits per heavy atom. The number of carbonyl (C=O) groups is 5. The minimum absolute atomic E-state index is 0.0404. The number of nitrogens with two attached hydrogens (primary N) is 1. The summed E-state index contributed by atoms with van der Waals surface area (Å²) >= 11 is 0. The Balaban J connectivity index is 0.000000317. The van der Waals surface area contributed by atoms with Crippen molar-refractivity contribution in [2.24, 2.45) is 41.2 Å². The van der Waals surface area contributed by atoms with Gasteiger partial charge in [-0.25, -0.2) is 4.79 Å². The number of primary amides is 1. The number of nitrogens with zero attached hydrogens (tertiary/aromatic N) is 1. The van der Waals surface area contributed by atoms with E-state index < -0.39 is 35.6 Å². The second kappa shape index (κ2) is 18.0. The van der Waals surface area contributed by atoms with Crippen molar-refractivity contribution in [3.05, 3.63) is 0 Å². The number of carbonyl (C=O) groups excluding carboxylic acids is 5. The summed E-state index contributed by atoms with van der Waals surface area (Å²) in [7, 11) is 3.78. The molecule has 0 saturated heterocycles. The number of hydrogen-bond donors (Lipinski definition) is 3. The van der Waals surface area contributed by atoms with Gasteiger partial charge in [0.25, 0.3) is 5.91 Å². The summed E-state index contributed by atoms with van der Waals surface area (Å²) in [6.45, 7) is 11.5. The van der Waals surface area contributed by atoms with Crippen LogP contribution in [0.15, 0.2) is 0 Å². The summed E-state index contributed by atoms with van der Waals surface area (Å²) in [5.74, 6) is 0.589. The molecular formula is C35H62N4O6. The van der Waals surface area contributed by atoms with Crippen LogP contribution in [0.2, 0.25) is 0 Å². The molecule has 3 fully saturated rings. The summed E-state index contributed by atoms with van der Waals surface area (Å²) in [5, 5.41) is 5.63. The molecule has 258 valence electrons. The first-order chi connectivity index (χ1) is 21.2. The molecule has 0 bridgehead atoms. The summed E-state index contributed by atoms with van der Waals surface area (Å²) in [4.78, 5) is 61.7. The van der Waals surface area contributed by atoms with Gasteiger partial charge >= 0.3 is 6.09 Å². The van der Waals surface area contributed by atoms with Crippen LogP contribution in [0.4, 0.5) is 4.79 Å². The Labute approximate surface area is 271 Å². The van der Waals surface area contributed by atoms with Crippen LogP contribution < -0.4 is 16.4 Å². The van der Waals surface area contributed by atoms with Crippen LogP contribution in [0.1, 0.15) is 125 Å². The molecule has 3 amide bonds.